The maximum Gasteiger partial charge on any atom is 0.0513 e. The molecule has 1 unspecified atom stereocenters. The monoisotopic (exact) mass is 230 g/mol. The van der Waals surface area contributed by atoms with Crippen LogP contribution in [-0.2, 0) is 0 Å². The molecule has 1 atom stereocenters. The molecule has 0 amide bonds. The number of hydrogen-bond donors (Lipinski definition) is 2. The number of nitrogens with one attached hydrogen (secondary N) is 1. The van der Waals surface area contributed by atoms with Gasteiger partial charge in [-0.25, -0.2) is 0 Å². The molecular formula is C15H22N2. The molecule has 0 saturated heterocycles. The van der Waals surface area contributed by atoms with Crippen molar-refractivity contribution in [3.63, 3.8) is 0 Å². The lowest BCUT2D eigenvalue weighted by atomic mass is 9.79. The van der Waals surface area contributed by atoms with Crippen molar-refractivity contribution in [2.24, 2.45) is 11.3 Å². The molecular weight excluding hydrogens is 208 g/mol. The van der Waals surface area contributed by atoms with Crippen LogP contribution < -0.4 is 11.3 Å². The molecule has 3 N–H and O–H groups in total. The molecule has 17 heavy (non-hydrogen) atoms. The maximum atomic E-state index is 5.75. The Labute approximate surface area is 104 Å². The fraction of sp³-hybridized carbons (Fsp3) is 0.600. The second kappa shape index (κ2) is 4.11. The topological polar surface area (TPSA) is 38.0 Å². The summed E-state index contributed by atoms with van der Waals surface area (Å²) in [6.45, 7) is 2.33. The van der Waals surface area contributed by atoms with E-state index < -0.39 is 0 Å². The van der Waals surface area contributed by atoms with E-state index in [0.717, 1.165) is 5.92 Å². The summed E-state index contributed by atoms with van der Waals surface area (Å²) in [5, 5.41) is 0. The van der Waals surface area contributed by atoms with Crippen molar-refractivity contribution in [3.05, 3.63) is 35.4 Å². The first-order valence-corrected chi connectivity index (χ1v) is 6.79. The van der Waals surface area contributed by atoms with Gasteiger partial charge in [0, 0.05) is 0 Å². The lowest BCUT2D eigenvalue weighted by Crippen LogP contribution is -2.33. The van der Waals surface area contributed by atoms with E-state index in [9.17, 15) is 0 Å². The van der Waals surface area contributed by atoms with Crippen molar-refractivity contribution in [3.8, 4) is 0 Å². The smallest absolute Gasteiger partial charge is 0.0513 e. The minimum Gasteiger partial charge on any atom is -0.271 e. The summed E-state index contributed by atoms with van der Waals surface area (Å²) in [5.41, 5.74) is 6.29. The molecule has 2 nitrogen and oxygen atoms in total. The van der Waals surface area contributed by atoms with Gasteiger partial charge in [-0.1, -0.05) is 37.6 Å². The quantitative estimate of drug-likeness (QED) is 0.615. The van der Waals surface area contributed by atoms with Gasteiger partial charge in [0.1, 0.15) is 0 Å². The molecule has 1 aromatic rings. The van der Waals surface area contributed by atoms with E-state index in [1.807, 2.05) is 0 Å². The Bertz CT molecular complexity index is 405. The largest absolute Gasteiger partial charge is 0.271 e. The Morgan fingerprint density at radius 2 is 2.12 bits per heavy atom. The molecule has 2 heteroatoms. The van der Waals surface area contributed by atoms with Crippen LogP contribution in [0, 0.1) is 5.41 Å². The van der Waals surface area contributed by atoms with Crippen molar-refractivity contribution in [1.29, 1.82) is 0 Å². The molecule has 0 aromatic heterocycles. The van der Waals surface area contributed by atoms with Crippen molar-refractivity contribution in [2.45, 2.75) is 51.0 Å². The minimum absolute atomic E-state index is 0.322. The second-order valence-electron chi connectivity index (χ2n) is 6.05. The van der Waals surface area contributed by atoms with Crippen molar-refractivity contribution < 1.29 is 0 Å². The fourth-order valence-corrected chi connectivity index (χ4v) is 2.92. The predicted molar refractivity (Wildman–Crippen MR) is 70.4 cm³/mol. The third-order valence-electron chi connectivity index (χ3n) is 4.72. The molecule has 3 rings (SSSR count). The van der Waals surface area contributed by atoms with Crippen molar-refractivity contribution in [1.82, 2.24) is 5.43 Å². The van der Waals surface area contributed by atoms with Gasteiger partial charge in [0.05, 0.1) is 6.04 Å². The number of rotatable bonds is 4. The molecule has 1 aromatic carbocycles. The lowest BCUT2D eigenvalue weighted by Gasteiger charge is -2.28. The Kier molecular flexibility index (Phi) is 2.72. The molecule has 2 aliphatic carbocycles. The van der Waals surface area contributed by atoms with E-state index >= 15 is 0 Å². The summed E-state index contributed by atoms with van der Waals surface area (Å²) in [6.07, 6.45) is 6.69. The summed E-state index contributed by atoms with van der Waals surface area (Å²) < 4.78 is 0. The first-order chi connectivity index (χ1) is 8.23. The third kappa shape index (κ3) is 2.00. The fourth-order valence-electron chi connectivity index (χ4n) is 2.92. The summed E-state index contributed by atoms with van der Waals surface area (Å²) >= 11 is 0. The first-order valence-electron chi connectivity index (χ1n) is 6.79. The molecule has 0 spiro atoms. The van der Waals surface area contributed by atoms with Gasteiger partial charge < -0.3 is 0 Å². The highest BCUT2D eigenvalue weighted by Crippen LogP contribution is 2.54. The van der Waals surface area contributed by atoms with E-state index in [1.54, 1.807) is 0 Å². The Hall–Kier alpha value is -0.860. The maximum absolute atomic E-state index is 5.75. The molecule has 0 radical (unpaired) electrons. The van der Waals surface area contributed by atoms with Crippen LogP contribution in [0.1, 0.15) is 62.1 Å². The van der Waals surface area contributed by atoms with Gasteiger partial charge in [-0.3, -0.25) is 11.3 Å². The summed E-state index contributed by atoms with van der Waals surface area (Å²) in [5.74, 6) is 6.56. The summed E-state index contributed by atoms with van der Waals surface area (Å²) in [4.78, 5) is 0. The van der Waals surface area contributed by atoms with Crippen LogP contribution in [-0.4, -0.2) is 0 Å². The van der Waals surface area contributed by atoms with E-state index in [0.29, 0.717) is 11.5 Å². The van der Waals surface area contributed by atoms with Gasteiger partial charge >= 0.3 is 0 Å². The van der Waals surface area contributed by atoms with Crippen LogP contribution in [0.5, 0.6) is 0 Å². The van der Waals surface area contributed by atoms with Gasteiger partial charge in [-0.05, 0) is 48.1 Å². The third-order valence-corrected chi connectivity index (χ3v) is 4.72. The molecule has 0 aliphatic heterocycles. The Morgan fingerprint density at radius 3 is 2.65 bits per heavy atom. The van der Waals surface area contributed by atoms with Crippen LogP contribution in [0.25, 0.3) is 0 Å². The average molecular weight is 230 g/mol. The van der Waals surface area contributed by atoms with Crippen LogP contribution >= 0.6 is 0 Å². The second-order valence-corrected chi connectivity index (χ2v) is 6.05. The van der Waals surface area contributed by atoms with Gasteiger partial charge in [-0.15, -0.1) is 0 Å². The highest BCUT2D eigenvalue weighted by atomic mass is 15.2. The average Bonchev–Trinajstić information content (AvgIpc) is 2.96. The SMILES string of the molecule is CC1(C(NN)c2cccc(C3CCC3)c2)CC1. The van der Waals surface area contributed by atoms with E-state index in [2.05, 4.69) is 36.6 Å². The number of nitrogens with two attached hydrogens (primary N) is 1. The zero-order chi connectivity index (χ0) is 11.9. The predicted octanol–water partition coefficient (Wildman–Crippen LogP) is 3.26. The van der Waals surface area contributed by atoms with Crippen LogP contribution in [0.4, 0.5) is 0 Å². The van der Waals surface area contributed by atoms with Crippen LogP contribution in [0.2, 0.25) is 0 Å². The zero-order valence-corrected chi connectivity index (χ0v) is 10.6. The van der Waals surface area contributed by atoms with Gasteiger partial charge in [-0.2, -0.15) is 0 Å². The normalized spacial score (nSPS) is 24.1. The summed E-state index contributed by atoms with van der Waals surface area (Å²) in [6, 6.07) is 9.38. The van der Waals surface area contributed by atoms with Crippen LogP contribution in [0.3, 0.4) is 0 Å². The lowest BCUT2D eigenvalue weighted by molar-refractivity contribution is 0.370. The van der Waals surface area contributed by atoms with Gasteiger partial charge in [0.25, 0.3) is 0 Å². The standard InChI is InChI=1S/C15H22N2/c1-15(8-9-15)14(17-16)13-7-3-6-12(10-13)11-4-2-5-11/h3,6-7,10-11,14,17H,2,4-5,8-9,16H2,1H3. The number of hydrogen-bond acceptors (Lipinski definition) is 2. The van der Waals surface area contributed by atoms with Crippen LogP contribution in [0.15, 0.2) is 24.3 Å². The van der Waals surface area contributed by atoms with E-state index in [4.69, 9.17) is 5.84 Å². The van der Waals surface area contributed by atoms with E-state index in [-0.39, 0.29) is 0 Å². The highest BCUT2D eigenvalue weighted by molar-refractivity contribution is 5.31. The first kappa shape index (κ1) is 11.2. The molecule has 2 saturated carbocycles. The molecule has 92 valence electrons. The van der Waals surface area contributed by atoms with Crippen molar-refractivity contribution >= 4 is 0 Å². The van der Waals surface area contributed by atoms with Gasteiger partial charge in [0.2, 0.25) is 0 Å². The van der Waals surface area contributed by atoms with Crippen molar-refractivity contribution in [2.75, 3.05) is 0 Å². The molecule has 2 fully saturated rings. The molecule has 0 bridgehead atoms. The zero-order valence-electron chi connectivity index (χ0n) is 10.6. The summed E-state index contributed by atoms with van der Waals surface area (Å²) in [7, 11) is 0. The highest BCUT2D eigenvalue weighted by Gasteiger charge is 2.45. The number of benzene rings is 1. The number of hydrazine groups is 1. The molecule has 0 heterocycles. The van der Waals surface area contributed by atoms with Gasteiger partial charge in [0.15, 0.2) is 0 Å². The molecule has 2 aliphatic rings. The minimum atomic E-state index is 0.322. The van der Waals surface area contributed by atoms with E-state index in [1.165, 1.54) is 43.2 Å². The Balaban J connectivity index is 1.85. The Morgan fingerprint density at radius 1 is 1.35 bits per heavy atom.